The summed E-state index contributed by atoms with van der Waals surface area (Å²) in [5.41, 5.74) is 7.15. The molecular weight excluding hydrogens is 334 g/mol. The van der Waals surface area contributed by atoms with Crippen molar-refractivity contribution in [3.05, 3.63) is 17.7 Å². The number of amides is 1. The van der Waals surface area contributed by atoms with Gasteiger partial charge in [0.25, 0.3) is 0 Å². The number of carboxylic acid groups (broad SMARTS) is 1. The molecule has 2 aliphatic rings. The molecule has 0 unspecified atom stereocenters. The van der Waals surface area contributed by atoms with Gasteiger partial charge in [0.2, 0.25) is 0 Å². The molecule has 2 fully saturated rings. The van der Waals surface area contributed by atoms with Crippen molar-refractivity contribution in [3.63, 3.8) is 0 Å². The van der Waals surface area contributed by atoms with Crippen molar-refractivity contribution in [2.75, 3.05) is 29.0 Å². The Morgan fingerprint density at radius 2 is 1.81 bits per heavy atom. The maximum Gasteiger partial charge on any atom is 0.412 e. The van der Waals surface area contributed by atoms with Gasteiger partial charge >= 0.3 is 12.1 Å². The first-order valence-corrected chi connectivity index (χ1v) is 9.00. The van der Waals surface area contributed by atoms with Crippen LogP contribution in [0.1, 0.15) is 56.8 Å². The number of ether oxygens (including phenoxy) is 1. The van der Waals surface area contributed by atoms with E-state index >= 15 is 0 Å². The van der Waals surface area contributed by atoms with Gasteiger partial charge in [-0.25, -0.2) is 9.59 Å². The van der Waals surface area contributed by atoms with Gasteiger partial charge in [-0.15, -0.1) is 0 Å². The summed E-state index contributed by atoms with van der Waals surface area (Å²) in [5.74, 6) is -1.03. The number of piperidine rings is 1. The zero-order valence-electron chi connectivity index (χ0n) is 15.6. The Balaban J connectivity index is 1.84. The molecule has 4 N–H and O–H groups in total. The quantitative estimate of drug-likeness (QED) is 0.709. The molecule has 1 saturated heterocycles. The van der Waals surface area contributed by atoms with E-state index in [0.29, 0.717) is 16.8 Å². The molecule has 1 aromatic rings. The summed E-state index contributed by atoms with van der Waals surface area (Å²) in [4.78, 5) is 25.8. The Hall–Kier alpha value is -2.44. The third-order valence-electron chi connectivity index (χ3n) is 5.16. The van der Waals surface area contributed by atoms with Crippen LogP contribution in [0.15, 0.2) is 12.1 Å². The molecule has 0 atom stereocenters. The van der Waals surface area contributed by atoms with Gasteiger partial charge < -0.3 is 20.5 Å². The van der Waals surface area contributed by atoms with E-state index < -0.39 is 17.7 Å². The van der Waals surface area contributed by atoms with Gasteiger partial charge in [-0.3, -0.25) is 5.32 Å². The van der Waals surface area contributed by atoms with Gasteiger partial charge in [-0.2, -0.15) is 0 Å². The van der Waals surface area contributed by atoms with Crippen LogP contribution >= 0.6 is 0 Å². The number of hydrogen-bond donors (Lipinski definition) is 3. The minimum atomic E-state index is -1.03. The van der Waals surface area contributed by atoms with Gasteiger partial charge in [0, 0.05) is 13.1 Å². The molecule has 0 bridgehead atoms. The van der Waals surface area contributed by atoms with E-state index in [1.807, 2.05) is 0 Å². The number of aromatic carboxylic acids is 1. The number of nitrogens with zero attached hydrogens (tertiary/aromatic N) is 1. The number of carbonyl (C=O) groups is 2. The maximum absolute atomic E-state index is 12.1. The minimum Gasteiger partial charge on any atom is -0.478 e. The first-order valence-electron chi connectivity index (χ1n) is 9.00. The number of nitrogens with two attached hydrogens (primary N) is 1. The van der Waals surface area contributed by atoms with Crippen molar-refractivity contribution in [3.8, 4) is 0 Å². The van der Waals surface area contributed by atoms with Crippen LogP contribution in [-0.2, 0) is 4.74 Å². The van der Waals surface area contributed by atoms with Gasteiger partial charge in [-0.1, -0.05) is 0 Å². The van der Waals surface area contributed by atoms with Crippen LogP contribution in [0.5, 0.6) is 0 Å². The Morgan fingerprint density at radius 1 is 1.19 bits per heavy atom. The molecule has 1 aliphatic heterocycles. The number of anilines is 3. The molecule has 3 rings (SSSR count). The highest BCUT2D eigenvalue weighted by Crippen LogP contribution is 2.54. The van der Waals surface area contributed by atoms with E-state index in [2.05, 4.69) is 10.2 Å². The van der Waals surface area contributed by atoms with Crippen molar-refractivity contribution in [2.24, 2.45) is 5.41 Å². The highest BCUT2D eigenvalue weighted by atomic mass is 16.6. The van der Waals surface area contributed by atoms with Crippen LogP contribution in [0.25, 0.3) is 0 Å². The standard InChI is InChI=1S/C19H27N3O4/c1-18(2,3)26-17(25)21-14-11-15(12(16(23)24)10-13(14)20)22-8-6-19(4-5-19)7-9-22/h10-11H,4-9,20H2,1-3H3,(H,21,25)(H,23,24). The molecule has 142 valence electrons. The maximum atomic E-state index is 12.1. The molecular formula is C19H27N3O4. The van der Waals surface area contributed by atoms with Crippen molar-refractivity contribution >= 4 is 29.1 Å². The van der Waals surface area contributed by atoms with Crippen molar-refractivity contribution in [1.82, 2.24) is 0 Å². The van der Waals surface area contributed by atoms with Crippen LogP contribution in [0.3, 0.4) is 0 Å². The Labute approximate surface area is 153 Å². The Bertz CT molecular complexity index is 725. The number of carboxylic acids is 1. The van der Waals surface area contributed by atoms with Gasteiger partial charge in [0.15, 0.2) is 0 Å². The molecule has 7 heteroatoms. The molecule has 1 spiro atoms. The van der Waals surface area contributed by atoms with Crippen LogP contribution in [0.2, 0.25) is 0 Å². The summed E-state index contributed by atoms with van der Waals surface area (Å²) < 4.78 is 5.26. The monoisotopic (exact) mass is 361 g/mol. The fourth-order valence-corrected chi connectivity index (χ4v) is 3.46. The fourth-order valence-electron chi connectivity index (χ4n) is 3.46. The molecule has 1 aromatic carbocycles. The molecule has 1 aliphatic carbocycles. The van der Waals surface area contributed by atoms with Crippen LogP contribution in [0, 0.1) is 5.41 Å². The highest BCUT2D eigenvalue weighted by Gasteiger charge is 2.44. The third kappa shape index (κ3) is 4.03. The van der Waals surface area contributed by atoms with Crippen molar-refractivity contribution in [1.29, 1.82) is 0 Å². The lowest BCUT2D eigenvalue weighted by Gasteiger charge is -2.35. The average Bonchev–Trinajstić information content (AvgIpc) is 3.27. The molecule has 26 heavy (non-hydrogen) atoms. The highest BCUT2D eigenvalue weighted by molar-refractivity contribution is 6.00. The number of benzene rings is 1. The number of hydrogen-bond acceptors (Lipinski definition) is 5. The Morgan fingerprint density at radius 3 is 2.31 bits per heavy atom. The zero-order valence-corrected chi connectivity index (χ0v) is 15.6. The largest absolute Gasteiger partial charge is 0.478 e. The van der Waals surface area contributed by atoms with E-state index in [9.17, 15) is 14.7 Å². The number of rotatable bonds is 3. The van der Waals surface area contributed by atoms with E-state index in [1.165, 1.54) is 18.9 Å². The Kier molecular flexibility index (Phi) is 4.50. The molecule has 1 amide bonds. The summed E-state index contributed by atoms with van der Waals surface area (Å²) in [5, 5.41) is 12.2. The van der Waals surface area contributed by atoms with Crippen LogP contribution in [-0.4, -0.2) is 35.9 Å². The predicted octanol–water partition coefficient (Wildman–Crippen LogP) is 3.69. The second-order valence-corrected chi connectivity index (χ2v) is 8.38. The zero-order chi connectivity index (χ0) is 19.1. The molecule has 0 aromatic heterocycles. The topological polar surface area (TPSA) is 105 Å². The second-order valence-electron chi connectivity index (χ2n) is 8.38. The van der Waals surface area contributed by atoms with Gasteiger partial charge in [-0.05, 0) is 64.0 Å². The number of nitrogen functional groups attached to an aromatic ring is 1. The summed E-state index contributed by atoms with van der Waals surface area (Å²) in [6.07, 6.45) is 4.09. The van der Waals surface area contributed by atoms with Gasteiger partial charge in [0.1, 0.15) is 5.60 Å². The van der Waals surface area contributed by atoms with E-state index in [-0.39, 0.29) is 11.3 Å². The lowest BCUT2D eigenvalue weighted by Crippen LogP contribution is -2.35. The van der Waals surface area contributed by atoms with Crippen LogP contribution in [0.4, 0.5) is 21.9 Å². The summed E-state index contributed by atoms with van der Waals surface area (Å²) >= 11 is 0. The number of nitrogens with one attached hydrogen (secondary N) is 1. The molecule has 1 saturated carbocycles. The first kappa shape index (κ1) is 18.4. The van der Waals surface area contributed by atoms with E-state index in [4.69, 9.17) is 10.5 Å². The van der Waals surface area contributed by atoms with Gasteiger partial charge in [0.05, 0.1) is 22.6 Å². The normalized spacial score (nSPS) is 18.5. The fraction of sp³-hybridized carbons (Fsp3) is 0.579. The summed E-state index contributed by atoms with van der Waals surface area (Å²) in [7, 11) is 0. The summed E-state index contributed by atoms with van der Waals surface area (Å²) in [6.45, 7) is 6.95. The summed E-state index contributed by atoms with van der Waals surface area (Å²) in [6, 6.07) is 3.06. The number of carbonyl (C=O) groups excluding carboxylic acids is 1. The van der Waals surface area contributed by atoms with E-state index in [0.717, 1.165) is 25.9 Å². The lowest BCUT2D eigenvalue weighted by molar-refractivity contribution is 0.0634. The third-order valence-corrected chi connectivity index (χ3v) is 5.16. The van der Waals surface area contributed by atoms with Crippen molar-refractivity contribution < 1.29 is 19.4 Å². The molecule has 1 heterocycles. The average molecular weight is 361 g/mol. The molecule has 0 radical (unpaired) electrons. The predicted molar refractivity (Wildman–Crippen MR) is 101 cm³/mol. The van der Waals surface area contributed by atoms with Crippen LogP contribution < -0.4 is 16.0 Å². The van der Waals surface area contributed by atoms with E-state index in [1.54, 1.807) is 26.8 Å². The first-order chi connectivity index (χ1) is 12.1. The van der Waals surface area contributed by atoms with Crippen molar-refractivity contribution in [2.45, 2.75) is 52.1 Å². The SMILES string of the molecule is CC(C)(C)OC(=O)Nc1cc(N2CCC3(CC2)CC3)c(C(=O)O)cc1N. The lowest BCUT2D eigenvalue weighted by atomic mass is 9.93. The second kappa shape index (κ2) is 6.37. The smallest absolute Gasteiger partial charge is 0.412 e. The molecule has 7 nitrogen and oxygen atoms in total. The minimum absolute atomic E-state index is 0.156.